The summed E-state index contributed by atoms with van der Waals surface area (Å²) < 4.78 is 43.6. The molecule has 8 heteroatoms. The van der Waals surface area contributed by atoms with Crippen LogP contribution < -0.4 is 0 Å². The van der Waals surface area contributed by atoms with Gasteiger partial charge in [0.25, 0.3) is 0 Å². The highest BCUT2D eigenvalue weighted by molar-refractivity contribution is 5.85. The zero-order valence-electron chi connectivity index (χ0n) is 10.8. The first-order valence-electron chi connectivity index (χ1n) is 6.06. The Balaban J connectivity index is 2.31. The van der Waals surface area contributed by atoms with Crippen molar-refractivity contribution in [3.8, 4) is 0 Å². The molecule has 1 amide bonds. The third kappa shape index (κ3) is 3.33. The van der Waals surface area contributed by atoms with Crippen LogP contribution in [0.15, 0.2) is 24.3 Å². The van der Waals surface area contributed by atoms with Gasteiger partial charge in [0.2, 0.25) is 5.91 Å². The maximum Gasteiger partial charge on any atom is 0.416 e. The van der Waals surface area contributed by atoms with Gasteiger partial charge >= 0.3 is 12.1 Å². The van der Waals surface area contributed by atoms with Crippen LogP contribution in [0.5, 0.6) is 0 Å². The number of amides is 1. The number of morpholine rings is 1. The monoisotopic (exact) mass is 303 g/mol. The number of halogens is 3. The maximum atomic E-state index is 12.9. The molecule has 0 aromatic heterocycles. The summed E-state index contributed by atoms with van der Waals surface area (Å²) in [6, 6.07) is 3.49. The van der Waals surface area contributed by atoms with Gasteiger partial charge in [-0.15, -0.1) is 0 Å². The van der Waals surface area contributed by atoms with Crippen molar-refractivity contribution >= 4 is 11.9 Å². The van der Waals surface area contributed by atoms with E-state index in [0.717, 1.165) is 11.0 Å². The van der Waals surface area contributed by atoms with Crippen molar-refractivity contribution in [1.29, 1.82) is 0 Å². The van der Waals surface area contributed by atoms with Gasteiger partial charge in [0, 0.05) is 6.54 Å². The maximum absolute atomic E-state index is 12.9. The van der Waals surface area contributed by atoms with E-state index in [1.807, 2.05) is 0 Å². The lowest BCUT2D eigenvalue weighted by molar-refractivity contribution is -0.163. The van der Waals surface area contributed by atoms with Gasteiger partial charge < -0.3 is 14.7 Å². The van der Waals surface area contributed by atoms with Gasteiger partial charge in [0.15, 0.2) is 6.04 Å². The number of rotatable bonds is 3. The predicted octanol–water partition coefficient (Wildman–Crippen LogP) is 1.52. The number of carboxylic acid groups (broad SMARTS) is 1. The number of hydrogen-bond acceptors (Lipinski definition) is 3. The fourth-order valence-corrected chi connectivity index (χ4v) is 2.13. The number of carbonyl (C=O) groups excluding carboxylic acids is 1. The molecule has 1 aromatic rings. The van der Waals surface area contributed by atoms with Gasteiger partial charge in [0.05, 0.1) is 12.2 Å². The first-order chi connectivity index (χ1) is 9.80. The zero-order valence-corrected chi connectivity index (χ0v) is 10.8. The second kappa shape index (κ2) is 5.72. The molecule has 114 valence electrons. The number of hydrogen-bond donors (Lipinski definition) is 1. The highest BCUT2D eigenvalue weighted by atomic mass is 19.4. The van der Waals surface area contributed by atoms with Crippen molar-refractivity contribution < 1.29 is 32.6 Å². The summed E-state index contributed by atoms with van der Waals surface area (Å²) in [7, 11) is 0. The minimum Gasteiger partial charge on any atom is -0.480 e. The number of ether oxygens (including phenoxy) is 1. The third-order valence-electron chi connectivity index (χ3n) is 3.15. The number of carboxylic acids is 1. The minimum atomic E-state index is -4.56. The van der Waals surface area contributed by atoms with Crippen LogP contribution in [0.1, 0.15) is 11.1 Å². The number of benzene rings is 1. The highest BCUT2D eigenvalue weighted by Gasteiger charge is 2.37. The topological polar surface area (TPSA) is 66.8 Å². The first-order valence-corrected chi connectivity index (χ1v) is 6.06. The number of nitrogens with zero attached hydrogens (tertiary/aromatic N) is 1. The van der Waals surface area contributed by atoms with Crippen LogP contribution in [0.25, 0.3) is 0 Å². The van der Waals surface area contributed by atoms with E-state index < -0.39 is 36.2 Å². The molecule has 0 spiro atoms. The normalized spacial score (nSPS) is 19.7. The fraction of sp³-hybridized carbons (Fsp3) is 0.385. The van der Waals surface area contributed by atoms with Crippen molar-refractivity contribution in [1.82, 2.24) is 4.90 Å². The lowest BCUT2D eigenvalue weighted by Crippen LogP contribution is -2.52. The Labute approximate surface area is 117 Å². The van der Waals surface area contributed by atoms with E-state index in [4.69, 9.17) is 9.84 Å². The van der Waals surface area contributed by atoms with Crippen molar-refractivity contribution in [2.75, 3.05) is 13.2 Å². The summed E-state index contributed by atoms with van der Waals surface area (Å²) in [6.07, 6.45) is -4.56. The van der Waals surface area contributed by atoms with E-state index in [9.17, 15) is 22.8 Å². The second-order valence-corrected chi connectivity index (χ2v) is 4.55. The Morgan fingerprint density at radius 1 is 1.38 bits per heavy atom. The average Bonchev–Trinajstić information content (AvgIpc) is 2.40. The molecule has 0 aliphatic carbocycles. The van der Waals surface area contributed by atoms with E-state index in [1.165, 1.54) is 18.2 Å². The Kier molecular flexibility index (Phi) is 4.17. The lowest BCUT2D eigenvalue weighted by Gasteiger charge is -2.33. The van der Waals surface area contributed by atoms with Crippen LogP contribution >= 0.6 is 0 Å². The van der Waals surface area contributed by atoms with Crippen LogP contribution in [0.2, 0.25) is 0 Å². The third-order valence-corrected chi connectivity index (χ3v) is 3.15. The molecule has 1 unspecified atom stereocenters. The molecule has 0 radical (unpaired) electrons. The molecule has 1 N–H and O–H groups in total. The number of aliphatic carboxylic acids is 1. The van der Waals surface area contributed by atoms with Crippen molar-refractivity contribution in [2.45, 2.75) is 18.8 Å². The van der Waals surface area contributed by atoms with Crippen molar-refractivity contribution in [2.24, 2.45) is 0 Å². The first kappa shape index (κ1) is 15.3. The molecule has 1 atom stereocenters. The molecule has 1 aliphatic rings. The molecule has 0 bridgehead atoms. The number of carbonyl (C=O) groups is 2. The molecule has 1 heterocycles. The Morgan fingerprint density at radius 2 is 2.05 bits per heavy atom. The van der Waals surface area contributed by atoms with E-state index in [-0.39, 0.29) is 18.8 Å². The molecule has 2 rings (SSSR count). The van der Waals surface area contributed by atoms with Crippen LogP contribution in [0.3, 0.4) is 0 Å². The lowest BCUT2D eigenvalue weighted by atomic mass is 10.1. The molecule has 5 nitrogen and oxygen atoms in total. The smallest absolute Gasteiger partial charge is 0.416 e. The van der Waals surface area contributed by atoms with Crippen molar-refractivity contribution in [3.63, 3.8) is 0 Å². The molecule has 1 aliphatic heterocycles. The molecular formula is C13H12F3NO4. The van der Waals surface area contributed by atoms with Gasteiger partial charge in [-0.2, -0.15) is 13.2 Å². The summed E-state index contributed by atoms with van der Waals surface area (Å²) in [4.78, 5) is 23.7. The Bertz CT molecular complexity index is 559. The zero-order chi connectivity index (χ0) is 15.6. The highest BCUT2D eigenvalue weighted by Crippen LogP contribution is 2.32. The Hall–Kier alpha value is -2.09. The van der Waals surface area contributed by atoms with Crippen LogP contribution in [-0.4, -0.2) is 41.1 Å². The summed E-state index contributed by atoms with van der Waals surface area (Å²) in [5, 5.41) is 9.04. The van der Waals surface area contributed by atoms with Crippen molar-refractivity contribution in [3.05, 3.63) is 35.4 Å². The molecule has 0 saturated carbocycles. The van der Waals surface area contributed by atoms with Crippen LogP contribution in [0, 0.1) is 0 Å². The van der Waals surface area contributed by atoms with Gasteiger partial charge in [-0.25, -0.2) is 4.79 Å². The molecule has 1 fully saturated rings. The quantitative estimate of drug-likeness (QED) is 0.919. The minimum absolute atomic E-state index is 0.147. The van der Waals surface area contributed by atoms with E-state index in [1.54, 1.807) is 0 Å². The van der Waals surface area contributed by atoms with E-state index >= 15 is 0 Å². The molecule has 21 heavy (non-hydrogen) atoms. The predicted molar refractivity (Wildman–Crippen MR) is 64.2 cm³/mol. The van der Waals surface area contributed by atoms with Gasteiger partial charge in [0.1, 0.15) is 6.61 Å². The molecule has 1 saturated heterocycles. The van der Waals surface area contributed by atoms with E-state index in [2.05, 4.69) is 0 Å². The summed E-state index contributed by atoms with van der Waals surface area (Å²) in [5.74, 6) is -1.96. The summed E-state index contributed by atoms with van der Waals surface area (Å²) in [5.41, 5.74) is -1.03. The largest absolute Gasteiger partial charge is 0.480 e. The second-order valence-electron chi connectivity index (χ2n) is 4.55. The van der Waals surface area contributed by atoms with Gasteiger partial charge in [-0.1, -0.05) is 18.2 Å². The summed E-state index contributed by atoms with van der Waals surface area (Å²) in [6.45, 7) is -0.998. The average molecular weight is 303 g/mol. The standard InChI is InChI=1S/C13H12F3NO4/c14-13(15,16)9-4-2-1-3-8(9)5-17-10(12(19)20)6-21-7-11(17)18/h1-4,10H,5-7H2,(H,19,20). The van der Waals surface area contributed by atoms with Gasteiger partial charge in [-0.3, -0.25) is 4.79 Å². The number of alkyl halides is 3. The van der Waals surface area contributed by atoms with Crippen LogP contribution in [-0.2, 0) is 27.0 Å². The van der Waals surface area contributed by atoms with Gasteiger partial charge in [-0.05, 0) is 11.6 Å². The summed E-state index contributed by atoms with van der Waals surface area (Å²) >= 11 is 0. The molecular weight excluding hydrogens is 291 g/mol. The SMILES string of the molecule is O=C(O)C1COCC(=O)N1Cc1ccccc1C(F)(F)F. The van der Waals surface area contributed by atoms with Crippen LogP contribution in [0.4, 0.5) is 13.2 Å². The molecule has 1 aromatic carbocycles. The van der Waals surface area contributed by atoms with E-state index in [0.29, 0.717) is 0 Å². The fourth-order valence-electron chi connectivity index (χ4n) is 2.13. The Morgan fingerprint density at radius 3 is 2.67 bits per heavy atom.